The van der Waals surface area contributed by atoms with Crippen molar-refractivity contribution >= 4 is 11.6 Å². The molecule has 0 amide bonds. The second kappa shape index (κ2) is 6.87. The van der Waals surface area contributed by atoms with Crippen molar-refractivity contribution in [2.75, 3.05) is 20.2 Å². The predicted octanol–water partition coefficient (Wildman–Crippen LogP) is 3.76. The third-order valence-electron chi connectivity index (χ3n) is 3.88. The molecule has 1 aliphatic heterocycles. The van der Waals surface area contributed by atoms with Crippen molar-refractivity contribution < 1.29 is 4.74 Å². The summed E-state index contributed by atoms with van der Waals surface area (Å²) in [6, 6.07) is 13.9. The van der Waals surface area contributed by atoms with Crippen LogP contribution < -0.4 is 4.74 Å². The third kappa shape index (κ3) is 3.44. The fraction of sp³-hybridized carbons (Fsp3) is 0.263. The highest BCUT2D eigenvalue weighted by Gasteiger charge is 2.18. The lowest BCUT2D eigenvalue weighted by molar-refractivity contribution is 0.281. The minimum atomic E-state index is 0.728. The summed E-state index contributed by atoms with van der Waals surface area (Å²) in [4.78, 5) is 2.36. The number of hydrogen-bond donors (Lipinski definition) is 0. The minimum absolute atomic E-state index is 0.728. The number of benzene rings is 2. The van der Waals surface area contributed by atoms with E-state index in [1.807, 2.05) is 30.3 Å². The maximum atomic E-state index is 5.97. The minimum Gasteiger partial charge on any atom is -0.496 e. The van der Waals surface area contributed by atoms with Gasteiger partial charge in [-0.15, -0.1) is 0 Å². The Labute approximate surface area is 136 Å². The van der Waals surface area contributed by atoms with E-state index < -0.39 is 0 Å². The highest BCUT2D eigenvalue weighted by molar-refractivity contribution is 6.30. The summed E-state index contributed by atoms with van der Waals surface area (Å²) < 4.78 is 5.44. The lowest BCUT2D eigenvalue weighted by Gasteiger charge is -2.28. The first-order valence-corrected chi connectivity index (χ1v) is 7.75. The Hall–Kier alpha value is -1.95. The van der Waals surface area contributed by atoms with E-state index in [2.05, 4.69) is 28.9 Å². The van der Waals surface area contributed by atoms with Crippen molar-refractivity contribution in [1.29, 1.82) is 0 Å². The Morgan fingerprint density at radius 2 is 2.09 bits per heavy atom. The molecule has 0 spiro atoms. The van der Waals surface area contributed by atoms with Gasteiger partial charge >= 0.3 is 0 Å². The van der Waals surface area contributed by atoms with Crippen LogP contribution in [0.1, 0.15) is 16.7 Å². The standard InChI is InChI=1S/C19H18ClNO/c1-22-19-9-3-7-16-14-21(12-10-18(16)19)11-4-6-15-5-2-8-17(20)13-15/h2-3,5,7-9,13H,10-12,14H2,1H3. The zero-order valence-electron chi connectivity index (χ0n) is 12.6. The molecule has 0 aliphatic carbocycles. The topological polar surface area (TPSA) is 12.5 Å². The number of methoxy groups -OCH3 is 1. The fourth-order valence-corrected chi connectivity index (χ4v) is 2.97. The van der Waals surface area contributed by atoms with Gasteiger partial charge in [0.25, 0.3) is 0 Å². The van der Waals surface area contributed by atoms with Gasteiger partial charge in [0.2, 0.25) is 0 Å². The molecule has 0 atom stereocenters. The summed E-state index contributed by atoms with van der Waals surface area (Å²) in [6.45, 7) is 2.71. The van der Waals surface area contributed by atoms with Crippen molar-refractivity contribution in [3.8, 4) is 17.6 Å². The van der Waals surface area contributed by atoms with Gasteiger partial charge in [-0.05, 0) is 41.8 Å². The molecular formula is C19H18ClNO. The Morgan fingerprint density at radius 1 is 1.23 bits per heavy atom. The van der Waals surface area contributed by atoms with Crippen molar-refractivity contribution in [1.82, 2.24) is 4.90 Å². The van der Waals surface area contributed by atoms with Gasteiger partial charge < -0.3 is 4.74 Å². The summed E-state index contributed by atoms with van der Waals surface area (Å²) in [5.41, 5.74) is 3.64. The molecule has 22 heavy (non-hydrogen) atoms. The molecule has 0 saturated carbocycles. The Balaban J connectivity index is 1.66. The molecule has 3 rings (SSSR count). The highest BCUT2D eigenvalue weighted by Crippen LogP contribution is 2.27. The van der Waals surface area contributed by atoms with Gasteiger partial charge in [-0.2, -0.15) is 0 Å². The maximum Gasteiger partial charge on any atom is 0.122 e. The quantitative estimate of drug-likeness (QED) is 0.783. The van der Waals surface area contributed by atoms with Crippen molar-refractivity contribution in [2.45, 2.75) is 13.0 Å². The number of hydrogen-bond acceptors (Lipinski definition) is 2. The smallest absolute Gasteiger partial charge is 0.122 e. The van der Waals surface area contributed by atoms with Crippen LogP contribution in [-0.2, 0) is 13.0 Å². The molecule has 2 aromatic carbocycles. The zero-order valence-corrected chi connectivity index (χ0v) is 13.4. The van der Waals surface area contributed by atoms with Gasteiger partial charge in [-0.25, -0.2) is 0 Å². The second-order valence-corrected chi connectivity index (χ2v) is 5.81. The Bertz CT molecular complexity index is 730. The highest BCUT2D eigenvalue weighted by atomic mass is 35.5. The summed E-state index contributed by atoms with van der Waals surface area (Å²) in [6.07, 6.45) is 1.01. The molecule has 112 valence electrons. The largest absolute Gasteiger partial charge is 0.496 e. The number of fused-ring (bicyclic) bond motifs is 1. The average molecular weight is 312 g/mol. The molecule has 2 nitrogen and oxygen atoms in total. The molecule has 0 saturated heterocycles. The first kappa shape index (κ1) is 15.0. The van der Waals surface area contributed by atoms with Crippen molar-refractivity contribution in [2.24, 2.45) is 0 Å². The molecule has 0 fully saturated rings. The van der Waals surface area contributed by atoms with Crippen LogP contribution in [0.5, 0.6) is 5.75 Å². The van der Waals surface area contributed by atoms with Gasteiger partial charge in [0, 0.05) is 23.7 Å². The van der Waals surface area contributed by atoms with Crippen LogP contribution >= 0.6 is 11.6 Å². The Kier molecular flexibility index (Phi) is 4.68. The molecule has 0 unspecified atom stereocenters. The van der Waals surface area contributed by atoms with E-state index in [9.17, 15) is 0 Å². The molecule has 2 aromatic rings. The van der Waals surface area contributed by atoms with Crippen LogP contribution in [0.25, 0.3) is 0 Å². The lowest BCUT2D eigenvalue weighted by Crippen LogP contribution is -2.31. The maximum absolute atomic E-state index is 5.97. The molecule has 0 aromatic heterocycles. The van der Waals surface area contributed by atoms with Crippen LogP contribution in [0, 0.1) is 11.8 Å². The van der Waals surface area contributed by atoms with E-state index in [0.29, 0.717) is 0 Å². The molecule has 0 N–H and O–H groups in total. The molecule has 0 radical (unpaired) electrons. The molecule has 1 heterocycles. The second-order valence-electron chi connectivity index (χ2n) is 5.37. The average Bonchev–Trinajstić information content (AvgIpc) is 2.54. The van der Waals surface area contributed by atoms with Gasteiger partial charge in [-0.1, -0.05) is 41.6 Å². The molecular weight excluding hydrogens is 294 g/mol. The number of rotatable bonds is 2. The van der Waals surface area contributed by atoms with Crippen LogP contribution in [0.4, 0.5) is 0 Å². The van der Waals surface area contributed by atoms with Gasteiger partial charge in [0.1, 0.15) is 5.75 Å². The number of ether oxygens (including phenoxy) is 1. The van der Waals surface area contributed by atoms with E-state index in [1.54, 1.807) is 7.11 Å². The van der Waals surface area contributed by atoms with E-state index in [-0.39, 0.29) is 0 Å². The van der Waals surface area contributed by atoms with E-state index >= 15 is 0 Å². The summed E-state index contributed by atoms with van der Waals surface area (Å²) in [7, 11) is 1.73. The number of nitrogens with zero attached hydrogens (tertiary/aromatic N) is 1. The number of halogens is 1. The van der Waals surface area contributed by atoms with Crippen LogP contribution in [0.15, 0.2) is 42.5 Å². The monoisotopic (exact) mass is 311 g/mol. The van der Waals surface area contributed by atoms with Gasteiger partial charge in [0.15, 0.2) is 0 Å². The van der Waals surface area contributed by atoms with E-state index in [1.165, 1.54) is 11.1 Å². The fourth-order valence-electron chi connectivity index (χ4n) is 2.78. The molecule has 3 heteroatoms. The summed E-state index contributed by atoms with van der Waals surface area (Å²) in [5, 5.41) is 0.728. The lowest BCUT2D eigenvalue weighted by atomic mass is 9.99. The molecule has 0 bridgehead atoms. The normalized spacial score (nSPS) is 13.9. The van der Waals surface area contributed by atoms with Crippen molar-refractivity contribution in [3.63, 3.8) is 0 Å². The third-order valence-corrected chi connectivity index (χ3v) is 4.12. The zero-order chi connectivity index (χ0) is 15.4. The van der Waals surface area contributed by atoms with Crippen LogP contribution in [0.2, 0.25) is 5.02 Å². The van der Waals surface area contributed by atoms with Crippen LogP contribution in [-0.4, -0.2) is 25.1 Å². The van der Waals surface area contributed by atoms with Gasteiger partial charge in [-0.3, -0.25) is 4.90 Å². The van der Waals surface area contributed by atoms with Crippen LogP contribution in [0.3, 0.4) is 0 Å². The summed E-state index contributed by atoms with van der Waals surface area (Å²) >= 11 is 5.97. The van der Waals surface area contributed by atoms with Gasteiger partial charge in [0.05, 0.1) is 13.7 Å². The van der Waals surface area contributed by atoms with E-state index in [0.717, 1.165) is 42.4 Å². The Morgan fingerprint density at radius 3 is 2.91 bits per heavy atom. The SMILES string of the molecule is COc1cccc2c1CCN(CC#Cc1cccc(Cl)c1)C2. The first-order chi connectivity index (χ1) is 10.8. The summed E-state index contributed by atoms with van der Waals surface area (Å²) in [5.74, 6) is 7.42. The first-order valence-electron chi connectivity index (χ1n) is 7.38. The van der Waals surface area contributed by atoms with Crippen molar-refractivity contribution in [3.05, 3.63) is 64.2 Å². The van der Waals surface area contributed by atoms with E-state index in [4.69, 9.17) is 16.3 Å². The predicted molar refractivity (Wildman–Crippen MR) is 90.3 cm³/mol. The molecule has 1 aliphatic rings.